The molecule has 1 aliphatic heterocycles. The SMILES string of the molecule is ClCCOCCN1CCN(c2ccccn2)CC1. The Labute approximate surface area is 114 Å². The molecule has 1 aliphatic rings. The van der Waals surface area contributed by atoms with Crippen LogP contribution in [-0.2, 0) is 4.74 Å². The first-order valence-corrected chi connectivity index (χ1v) is 6.95. The fraction of sp³-hybridized carbons (Fsp3) is 0.615. The molecule has 100 valence electrons. The third-order valence-corrected chi connectivity index (χ3v) is 3.27. The lowest BCUT2D eigenvalue weighted by atomic mass is 10.3. The van der Waals surface area contributed by atoms with Gasteiger partial charge in [0.15, 0.2) is 0 Å². The minimum atomic E-state index is 0.577. The lowest BCUT2D eigenvalue weighted by Crippen LogP contribution is -2.47. The molecule has 4 nitrogen and oxygen atoms in total. The van der Waals surface area contributed by atoms with Crippen LogP contribution in [0.2, 0.25) is 0 Å². The highest BCUT2D eigenvalue weighted by Gasteiger charge is 2.17. The second kappa shape index (κ2) is 7.56. The van der Waals surface area contributed by atoms with E-state index in [0.717, 1.165) is 45.1 Å². The van der Waals surface area contributed by atoms with Gasteiger partial charge in [-0.05, 0) is 12.1 Å². The van der Waals surface area contributed by atoms with Crippen molar-refractivity contribution in [3.05, 3.63) is 24.4 Å². The number of alkyl halides is 1. The summed E-state index contributed by atoms with van der Waals surface area (Å²) >= 11 is 5.56. The predicted octanol–water partition coefficient (Wildman–Crippen LogP) is 1.46. The van der Waals surface area contributed by atoms with E-state index in [2.05, 4.69) is 20.9 Å². The van der Waals surface area contributed by atoms with Crippen LogP contribution in [0.3, 0.4) is 0 Å². The van der Waals surface area contributed by atoms with Crippen LogP contribution in [-0.4, -0.2) is 61.7 Å². The second-order valence-corrected chi connectivity index (χ2v) is 4.70. The summed E-state index contributed by atoms with van der Waals surface area (Å²) in [7, 11) is 0. The summed E-state index contributed by atoms with van der Waals surface area (Å²) < 4.78 is 5.40. The summed E-state index contributed by atoms with van der Waals surface area (Å²) in [6.45, 7) is 6.62. The Kier molecular flexibility index (Phi) is 5.71. The van der Waals surface area contributed by atoms with Crippen molar-refractivity contribution in [3.8, 4) is 0 Å². The fourth-order valence-electron chi connectivity index (χ4n) is 2.09. The number of pyridine rings is 1. The van der Waals surface area contributed by atoms with Gasteiger partial charge in [0.25, 0.3) is 0 Å². The third kappa shape index (κ3) is 4.12. The molecular formula is C13H20ClN3O. The average Bonchev–Trinajstić information content (AvgIpc) is 2.45. The summed E-state index contributed by atoms with van der Waals surface area (Å²) in [6, 6.07) is 6.06. The van der Waals surface area contributed by atoms with E-state index in [9.17, 15) is 0 Å². The van der Waals surface area contributed by atoms with Gasteiger partial charge in [-0.1, -0.05) is 6.07 Å². The molecule has 1 fully saturated rings. The molecular weight excluding hydrogens is 250 g/mol. The zero-order valence-electron chi connectivity index (χ0n) is 10.6. The van der Waals surface area contributed by atoms with Gasteiger partial charge in [0.1, 0.15) is 5.82 Å². The largest absolute Gasteiger partial charge is 0.379 e. The fourth-order valence-corrected chi connectivity index (χ4v) is 2.20. The molecule has 0 atom stereocenters. The van der Waals surface area contributed by atoms with Gasteiger partial charge in [-0.3, -0.25) is 4.90 Å². The van der Waals surface area contributed by atoms with E-state index in [1.807, 2.05) is 18.3 Å². The van der Waals surface area contributed by atoms with Crippen LogP contribution in [0.1, 0.15) is 0 Å². The average molecular weight is 270 g/mol. The quantitative estimate of drug-likeness (QED) is 0.578. The molecule has 1 aromatic rings. The van der Waals surface area contributed by atoms with Crippen LogP contribution in [0.4, 0.5) is 5.82 Å². The molecule has 0 spiro atoms. The number of rotatable bonds is 6. The van der Waals surface area contributed by atoms with Gasteiger partial charge >= 0.3 is 0 Å². The van der Waals surface area contributed by atoms with E-state index < -0.39 is 0 Å². The Morgan fingerprint density at radius 1 is 1.17 bits per heavy atom. The van der Waals surface area contributed by atoms with E-state index in [4.69, 9.17) is 16.3 Å². The number of halogens is 1. The van der Waals surface area contributed by atoms with Gasteiger partial charge in [0.2, 0.25) is 0 Å². The van der Waals surface area contributed by atoms with Crippen LogP contribution in [0, 0.1) is 0 Å². The number of ether oxygens (including phenoxy) is 1. The highest BCUT2D eigenvalue weighted by molar-refractivity contribution is 6.17. The Morgan fingerprint density at radius 2 is 2.00 bits per heavy atom. The van der Waals surface area contributed by atoms with Crippen LogP contribution >= 0.6 is 11.6 Å². The second-order valence-electron chi connectivity index (χ2n) is 4.32. The van der Waals surface area contributed by atoms with E-state index in [1.165, 1.54) is 0 Å². The molecule has 2 heterocycles. The van der Waals surface area contributed by atoms with Crippen molar-refractivity contribution in [2.24, 2.45) is 0 Å². The Hall–Kier alpha value is -0.840. The zero-order valence-corrected chi connectivity index (χ0v) is 11.4. The van der Waals surface area contributed by atoms with Gasteiger partial charge in [-0.15, -0.1) is 11.6 Å². The van der Waals surface area contributed by atoms with Gasteiger partial charge in [0.05, 0.1) is 13.2 Å². The summed E-state index contributed by atoms with van der Waals surface area (Å²) in [5, 5.41) is 0. The number of anilines is 1. The number of hydrogen-bond donors (Lipinski definition) is 0. The van der Waals surface area contributed by atoms with Gasteiger partial charge in [-0.2, -0.15) is 0 Å². The molecule has 0 bridgehead atoms. The molecule has 0 amide bonds. The lowest BCUT2D eigenvalue weighted by molar-refractivity contribution is 0.112. The number of hydrogen-bond acceptors (Lipinski definition) is 4. The summed E-state index contributed by atoms with van der Waals surface area (Å²) in [5.41, 5.74) is 0. The lowest BCUT2D eigenvalue weighted by Gasteiger charge is -2.35. The smallest absolute Gasteiger partial charge is 0.128 e. The molecule has 5 heteroatoms. The maximum Gasteiger partial charge on any atom is 0.128 e. The van der Waals surface area contributed by atoms with Crippen molar-refractivity contribution in [1.29, 1.82) is 0 Å². The normalized spacial score (nSPS) is 17.1. The van der Waals surface area contributed by atoms with Crippen molar-refractivity contribution in [1.82, 2.24) is 9.88 Å². The first-order valence-electron chi connectivity index (χ1n) is 6.42. The van der Waals surface area contributed by atoms with Crippen LogP contribution < -0.4 is 4.90 Å². The van der Waals surface area contributed by atoms with E-state index in [-0.39, 0.29) is 0 Å². The highest BCUT2D eigenvalue weighted by Crippen LogP contribution is 2.12. The van der Waals surface area contributed by atoms with Crippen LogP contribution in [0.15, 0.2) is 24.4 Å². The highest BCUT2D eigenvalue weighted by atomic mass is 35.5. The molecule has 1 saturated heterocycles. The first-order chi connectivity index (χ1) is 8.90. The number of aromatic nitrogens is 1. The molecule has 0 aromatic carbocycles. The van der Waals surface area contributed by atoms with Gasteiger partial charge < -0.3 is 9.64 Å². The van der Waals surface area contributed by atoms with Crippen LogP contribution in [0.5, 0.6) is 0 Å². The van der Waals surface area contributed by atoms with Crippen molar-refractivity contribution in [3.63, 3.8) is 0 Å². The summed E-state index contributed by atoms with van der Waals surface area (Å²) in [4.78, 5) is 9.14. The van der Waals surface area contributed by atoms with E-state index in [1.54, 1.807) is 0 Å². The molecule has 0 saturated carbocycles. The Balaban J connectivity index is 1.68. The summed E-state index contributed by atoms with van der Waals surface area (Å²) in [5.74, 6) is 1.66. The third-order valence-electron chi connectivity index (χ3n) is 3.12. The topological polar surface area (TPSA) is 28.6 Å². The Bertz CT molecular complexity index is 328. The molecule has 0 aliphatic carbocycles. The minimum Gasteiger partial charge on any atom is -0.379 e. The molecule has 18 heavy (non-hydrogen) atoms. The molecule has 0 unspecified atom stereocenters. The standard InChI is InChI=1S/C13H20ClN3O/c14-4-11-18-12-10-16-6-8-17(9-7-16)13-3-1-2-5-15-13/h1-3,5H,4,6-12H2. The molecule has 0 radical (unpaired) electrons. The minimum absolute atomic E-state index is 0.577. The number of nitrogens with zero attached hydrogens (tertiary/aromatic N) is 3. The monoisotopic (exact) mass is 269 g/mol. The van der Waals surface area contributed by atoms with E-state index in [0.29, 0.717) is 12.5 Å². The van der Waals surface area contributed by atoms with Gasteiger partial charge in [-0.25, -0.2) is 4.98 Å². The van der Waals surface area contributed by atoms with Crippen molar-refractivity contribution >= 4 is 17.4 Å². The molecule has 2 rings (SSSR count). The Morgan fingerprint density at radius 3 is 2.67 bits per heavy atom. The van der Waals surface area contributed by atoms with Crippen LogP contribution in [0.25, 0.3) is 0 Å². The maximum absolute atomic E-state index is 5.56. The van der Waals surface area contributed by atoms with Gasteiger partial charge in [0, 0.05) is 44.8 Å². The predicted molar refractivity (Wildman–Crippen MR) is 74.4 cm³/mol. The summed E-state index contributed by atoms with van der Waals surface area (Å²) in [6.07, 6.45) is 1.85. The number of piperazine rings is 1. The van der Waals surface area contributed by atoms with E-state index >= 15 is 0 Å². The molecule has 0 N–H and O–H groups in total. The first kappa shape index (κ1) is 13.6. The molecule has 1 aromatic heterocycles. The zero-order chi connectivity index (χ0) is 12.6. The van der Waals surface area contributed by atoms with Crippen molar-refractivity contribution < 1.29 is 4.74 Å². The van der Waals surface area contributed by atoms with Crippen molar-refractivity contribution in [2.75, 3.05) is 56.7 Å². The van der Waals surface area contributed by atoms with Crippen molar-refractivity contribution in [2.45, 2.75) is 0 Å². The maximum atomic E-state index is 5.56.